The van der Waals surface area contributed by atoms with E-state index in [1.54, 1.807) is 7.11 Å². The number of anilines is 1. The lowest BCUT2D eigenvalue weighted by atomic mass is 9.88. The third-order valence-corrected chi connectivity index (χ3v) is 8.84. The van der Waals surface area contributed by atoms with Crippen LogP contribution in [0.1, 0.15) is 66.1 Å². The van der Waals surface area contributed by atoms with Crippen molar-refractivity contribution in [3.8, 4) is 11.1 Å². The predicted octanol–water partition coefficient (Wildman–Crippen LogP) is 6.08. The number of hydrogen-bond donors (Lipinski definition) is 2. The molecule has 1 aromatic heterocycles. The van der Waals surface area contributed by atoms with Crippen molar-refractivity contribution < 1.29 is 9.47 Å². The highest BCUT2D eigenvalue weighted by molar-refractivity contribution is 5.73. The molecule has 2 N–H and O–H groups in total. The number of pyridine rings is 1. The molecule has 0 atom stereocenters. The smallest absolute Gasteiger partial charge is 0.252 e. The number of benzene rings is 2. The van der Waals surface area contributed by atoms with Crippen molar-refractivity contribution in [2.75, 3.05) is 39.4 Å². The lowest BCUT2D eigenvalue weighted by Crippen LogP contribution is -2.42. The second-order valence-electron chi connectivity index (χ2n) is 12.0. The molecule has 0 unspecified atom stereocenters. The Morgan fingerprint density at radius 1 is 0.929 bits per heavy atom. The molecule has 1 saturated carbocycles. The molecule has 0 aliphatic heterocycles. The van der Waals surface area contributed by atoms with Crippen molar-refractivity contribution >= 4 is 5.69 Å². The number of hydrogen-bond acceptors (Lipinski definition) is 6. The minimum Gasteiger partial charge on any atom is -0.369 e. The summed E-state index contributed by atoms with van der Waals surface area (Å²) in [6, 6.07) is 16.6. The van der Waals surface area contributed by atoms with Crippen LogP contribution in [-0.4, -0.2) is 56.5 Å². The van der Waals surface area contributed by atoms with Gasteiger partial charge < -0.3 is 29.6 Å². The number of nitrogens with zero attached hydrogens (tertiary/aromatic N) is 2. The highest BCUT2D eigenvalue weighted by atomic mass is 16.7. The fourth-order valence-corrected chi connectivity index (χ4v) is 6.38. The molecule has 1 aliphatic carbocycles. The normalized spacial score (nSPS) is 17.1. The Balaban J connectivity index is 1.63. The molecular weight excluding hydrogens is 524 g/mol. The molecule has 2 aromatic carbocycles. The van der Waals surface area contributed by atoms with E-state index in [0.717, 1.165) is 28.9 Å². The van der Waals surface area contributed by atoms with E-state index in [9.17, 15) is 4.79 Å². The number of ether oxygens (including phenoxy) is 2. The molecule has 0 bridgehead atoms. The van der Waals surface area contributed by atoms with Crippen molar-refractivity contribution in [2.24, 2.45) is 0 Å². The van der Waals surface area contributed by atoms with Gasteiger partial charge in [0.1, 0.15) is 6.79 Å². The first-order chi connectivity index (χ1) is 20.2. The standard InChI is InChI=1S/C35H50N4O3/c1-8-39(32-15-13-31(14-16-32)38(5)6)34-19-29(28-11-9-27(10-12-28)22-42-23-41-7)18-30(26(34)4)20-36-21-33-24(2)17-25(3)37-35(33)40/h9-12,17-19,31-32,36H,8,13-16,20-23H2,1-7H3,(H,37,40). The van der Waals surface area contributed by atoms with E-state index >= 15 is 0 Å². The summed E-state index contributed by atoms with van der Waals surface area (Å²) in [4.78, 5) is 20.6. The molecule has 0 spiro atoms. The van der Waals surface area contributed by atoms with Crippen molar-refractivity contribution in [1.29, 1.82) is 0 Å². The van der Waals surface area contributed by atoms with Gasteiger partial charge in [0.15, 0.2) is 0 Å². The molecule has 3 aromatic rings. The summed E-state index contributed by atoms with van der Waals surface area (Å²) in [5.74, 6) is 0. The van der Waals surface area contributed by atoms with Gasteiger partial charge >= 0.3 is 0 Å². The maximum atomic E-state index is 12.6. The number of nitrogens with one attached hydrogen (secondary N) is 2. The number of methoxy groups -OCH3 is 1. The summed E-state index contributed by atoms with van der Waals surface area (Å²) in [6.45, 7) is 11.5. The van der Waals surface area contributed by atoms with Crippen molar-refractivity contribution in [1.82, 2.24) is 15.2 Å². The first-order valence-electron chi connectivity index (χ1n) is 15.3. The van der Waals surface area contributed by atoms with Gasteiger partial charge in [-0.15, -0.1) is 0 Å². The van der Waals surface area contributed by atoms with E-state index in [4.69, 9.17) is 9.47 Å². The fourth-order valence-electron chi connectivity index (χ4n) is 6.38. The van der Waals surface area contributed by atoms with Crippen LogP contribution in [0.2, 0.25) is 0 Å². The monoisotopic (exact) mass is 574 g/mol. The van der Waals surface area contributed by atoms with Gasteiger partial charge in [-0.2, -0.15) is 0 Å². The molecular formula is C35H50N4O3. The average Bonchev–Trinajstić information content (AvgIpc) is 2.97. The first-order valence-corrected chi connectivity index (χ1v) is 15.3. The maximum absolute atomic E-state index is 12.6. The van der Waals surface area contributed by atoms with Gasteiger partial charge in [0, 0.05) is 55.8 Å². The molecule has 7 nitrogen and oxygen atoms in total. The number of aryl methyl sites for hydroxylation is 2. The second-order valence-corrected chi connectivity index (χ2v) is 12.0. The average molecular weight is 575 g/mol. The Morgan fingerprint density at radius 3 is 2.24 bits per heavy atom. The van der Waals surface area contributed by atoms with Crippen LogP contribution in [0.5, 0.6) is 0 Å². The summed E-state index contributed by atoms with van der Waals surface area (Å²) >= 11 is 0. The molecule has 0 radical (unpaired) electrons. The number of aromatic amines is 1. The number of aromatic nitrogens is 1. The Hall–Kier alpha value is -2.97. The van der Waals surface area contributed by atoms with Gasteiger partial charge in [0.2, 0.25) is 0 Å². The molecule has 7 heteroatoms. The van der Waals surface area contributed by atoms with Crippen LogP contribution < -0.4 is 15.8 Å². The Morgan fingerprint density at radius 2 is 1.62 bits per heavy atom. The minimum atomic E-state index is -0.00813. The predicted molar refractivity (Wildman–Crippen MR) is 173 cm³/mol. The first kappa shape index (κ1) is 32.0. The van der Waals surface area contributed by atoms with Crippen molar-refractivity contribution in [3.63, 3.8) is 0 Å². The van der Waals surface area contributed by atoms with Gasteiger partial charge in [-0.25, -0.2) is 0 Å². The third kappa shape index (κ3) is 7.90. The quantitative estimate of drug-likeness (QED) is 0.191. The highest BCUT2D eigenvalue weighted by Gasteiger charge is 2.27. The van der Waals surface area contributed by atoms with Gasteiger partial charge in [-0.3, -0.25) is 4.79 Å². The van der Waals surface area contributed by atoms with E-state index in [1.807, 2.05) is 19.9 Å². The van der Waals surface area contributed by atoms with Crippen LogP contribution in [0.4, 0.5) is 5.69 Å². The summed E-state index contributed by atoms with van der Waals surface area (Å²) in [5.41, 5.74) is 10.1. The molecule has 0 saturated heterocycles. The molecule has 1 fully saturated rings. The zero-order valence-electron chi connectivity index (χ0n) is 26.7. The van der Waals surface area contributed by atoms with Crippen molar-refractivity contribution in [2.45, 2.75) is 85.2 Å². The largest absolute Gasteiger partial charge is 0.369 e. The molecule has 4 rings (SSSR count). The minimum absolute atomic E-state index is 0.00813. The maximum Gasteiger partial charge on any atom is 0.252 e. The zero-order valence-corrected chi connectivity index (χ0v) is 26.7. The summed E-state index contributed by atoms with van der Waals surface area (Å²) < 4.78 is 10.6. The van der Waals surface area contributed by atoms with Gasteiger partial charge in [-0.1, -0.05) is 24.3 Å². The van der Waals surface area contributed by atoms with E-state index in [-0.39, 0.29) is 12.4 Å². The molecule has 1 aliphatic rings. The lowest BCUT2D eigenvalue weighted by Gasteiger charge is -2.40. The summed E-state index contributed by atoms with van der Waals surface area (Å²) in [6.07, 6.45) is 4.88. The van der Waals surface area contributed by atoms with E-state index in [2.05, 4.69) is 84.4 Å². The number of H-pyrrole nitrogens is 1. The molecule has 0 amide bonds. The van der Waals surface area contributed by atoms with Crippen LogP contribution in [0, 0.1) is 20.8 Å². The van der Waals surface area contributed by atoms with E-state index < -0.39 is 0 Å². The van der Waals surface area contributed by atoms with Gasteiger partial charge in [0.05, 0.1) is 6.61 Å². The van der Waals surface area contributed by atoms with Crippen LogP contribution in [-0.2, 0) is 29.2 Å². The highest BCUT2D eigenvalue weighted by Crippen LogP contribution is 2.35. The Kier molecular flexibility index (Phi) is 11.4. The fraction of sp³-hybridized carbons (Fsp3) is 0.514. The Bertz CT molecular complexity index is 1360. The SMILES string of the molecule is CCN(c1cc(-c2ccc(COCOC)cc2)cc(CNCc2c(C)cc(C)[nH]c2=O)c1C)C1CCC(N(C)C)CC1. The van der Waals surface area contributed by atoms with Crippen LogP contribution in [0.15, 0.2) is 47.3 Å². The second kappa shape index (κ2) is 15.0. The molecule has 228 valence electrons. The van der Waals surface area contributed by atoms with Gasteiger partial charge in [0.25, 0.3) is 5.56 Å². The van der Waals surface area contributed by atoms with Crippen LogP contribution in [0.25, 0.3) is 11.1 Å². The third-order valence-electron chi connectivity index (χ3n) is 8.84. The lowest BCUT2D eigenvalue weighted by molar-refractivity contribution is -0.0390. The number of rotatable bonds is 13. The van der Waals surface area contributed by atoms with Crippen molar-refractivity contribution in [3.05, 3.63) is 86.3 Å². The Labute approximate surface area is 252 Å². The molecule has 42 heavy (non-hydrogen) atoms. The van der Waals surface area contributed by atoms with Crippen LogP contribution in [0.3, 0.4) is 0 Å². The molecule has 1 heterocycles. The van der Waals surface area contributed by atoms with Gasteiger partial charge in [-0.05, 0) is 119 Å². The van der Waals surface area contributed by atoms with E-state index in [0.29, 0.717) is 31.8 Å². The van der Waals surface area contributed by atoms with Crippen LogP contribution >= 0.6 is 0 Å². The topological polar surface area (TPSA) is 69.8 Å². The summed E-state index contributed by atoms with van der Waals surface area (Å²) in [5, 5.41) is 3.59. The van der Waals surface area contributed by atoms with E-state index in [1.165, 1.54) is 53.6 Å². The summed E-state index contributed by atoms with van der Waals surface area (Å²) in [7, 11) is 6.05. The zero-order chi connectivity index (χ0) is 30.2.